The maximum absolute atomic E-state index is 13.5. The number of H-pyrrole nitrogens is 1. The van der Waals surface area contributed by atoms with E-state index < -0.39 is 0 Å². The quantitative estimate of drug-likeness (QED) is 0.259. The highest BCUT2D eigenvalue weighted by molar-refractivity contribution is 5.89. The Hall–Kier alpha value is -3.40. The van der Waals surface area contributed by atoms with E-state index >= 15 is 0 Å². The van der Waals surface area contributed by atoms with Crippen LogP contribution in [0.15, 0.2) is 55.0 Å². The summed E-state index contributed by atoms with van der Waals surface area (Å²) < 4.78 is 25.2. The first-order valence-corrected chi connectivity index (χ1v) is 11.3. The Morgan fingerprint density at radius 1 is 0.941 bits per heavy atom. The number of aliphatic hydroxyl groups excluding tert-OH is 1. The number of aromatic nitrogens is 4. The highest BCUT2D eigenvalue weighted by atomic mass is 19.1. The molecule has 0 aliphatic heterocycles. The molecule has 4 aromatic rings. The molecule has 0 bridgehead atoms. The maximum Gasteiger partial charge on any atom is 0.131 e. The van der Waals surface area contributed by atoms with Gasteiger partial charge in [-0.15, -0.1) is 0 Å². The lowest BCUT2D eigenvalue weighted by atomic mass is 10.1. The zero-order chi connectivity index (χ0) is 23.6. The fourth-order valence-corrected chi connectivity index (χ4v) is 3.68. The number of benzene rings is 2. The number of nitrogens with one attached hydrogen (secondary N) is 2. The van der Waals surface area contributed by atoms with Crippen molar-refractivity contribution < 1.29 is 19.0 Å². The molecule has 0 saturated carbocycles. The molecule has 2 heterocycles. The molecule has 0 unspecified atom stereocenters. The Balaban J connectivity index is 1.14. The molecular formula is C25H28FN5O3. The highest BCUT2D eigenvalue weighted by Crippen LogP contribution is 2.31. The third-order valence-corrected chi connectivity index (χ3v) is 5.34. The smallest absolute Gasteiger partial charge is 0.131 e. The molecule has 34 heavy (non-hydrogen) atoms. The van der Waals surface area contributed by atoms with Crippen LogP contribution in [-0.4, -0.2) is 51.9 Å². The van der Waals surface area contributed by atoms with Gasteiger partial charge in [-0.2, -0.15) is 15.3 Å². The van der Waals surface area contributed by atoms with E-state index in [0.29, 0.717) is 31.9 Å². The van der Waals surface area contributed by atoms with Crippen LogP contribution < -0.4 is 10.1 Å². The molecule has 3 N–H and O–H groups in total. The van der Waals surface area contributed by atoms with E-state index in [2.05, 4.69) is 25.7 Å². The van der Waals surface area contributed by atoms with Crippen LogP contribution >= 0.6 is 0 Å². The fourth-order valence-electron chi connectivity index (χ4n) is 3.68. The molecule has 8 nitrogen and oxygen atoms in total. The summed E-state index contributed by atoms with van der Waals surface area (Å²) in [5.74, 6) is 0.418. The summed E-state index contributed by atoms with van der Waals surface area (Å²) in [6.45, 7) is 2.77. The first kappa shape index (κ1) is 23.7. The van der Waals surface area contributed by atoms with Gasteiger partial charge >= 0.3 is 0 Å². The minimum Gasteiger partial charge on any atom is -0.490 e. The number of rotatable bonds is 13. The van der Waals surface area contributed by atoms with Gasteiger partial charge in [0.25, 0.3) is 0 Å². The maximum atomic E-state index is 13.5. The number of unbranched alkanes of at least 4 members (excludes halogenated alkanes) is 1. The fraction of sp³-hybridized carbons (Fsp3) is 0.320. The molecule has 2 aromatic carbocycles. The number of fused-ring (bicyclic) bond motifs is 1. The van der Waals surface area contributed by atoms with Gasteiger partial charge in [0.1, 0.15) is 18.2 Å². The molecule has 0 amide bonds. The van der Waals surface area contributed by atoms with Crippen LogP contribution in [0.1, 0.15) is 24.0 Å². The molecule has 178 valence electrons. The van der Waals surface area contributed by atoms with Gasteiger partial charge in [0.15, 0.2) is 0 Å². The topological polar surface area (TPSA) is 105 Å². The summed E-state index contributed by atoms with van der Waals surface area (Å²) in [6.07, 6.45) is 6.98. The minimum absolute atomic E-state index is 0.160. The number of ether oxygens (including phenoxy) is 2. The standard InChI is InChI=1S/C25H28FN5O3/c26-22-10-18(9-19(11-22)17-32)14-27-4-1-2-6-33-7-8-34-25-13-21(20-3-5-28-29-15-20)12-24-23(25)16-30-31-24/h3,5,9-13,15-16,27,32H,1-2,4,6-8,14,17H2,(H,30,31). The molecular weight excluding hydrogens is 437 g/mol. The second-order valence-electron chi connectivity index (χ2n) is 7.91. The number of aliphatic hydroxyl groups is 1. The number of aromatic amines is 1. The van der Waals surface area contributed by atoms with Crippen LogP contribution in [0.5, 0.6) is 5.75 Å². The van der Waals surface area contributed by atoms with Gasteiger partial charge in [0, 0.05) is 18.7 Å². The molecule has 0 radical (unpaired) electrons. The van der Waals surface area contributed by atoms with Gasteiger partial charge in [-0.3, -0.25) is 5.10 Å². The number of hydrogen-bond acceptors (Lipinski definition) is 7. The van der Waals surface area contributed by atoms with Crippen molar-refractivity contribution >= 4 is 10.9 Å². The lowest BCUT2D eigenvalue weighted by Crippen LogP contribution is -2.16. The number of halogens is 1. The number of nitrogens with zero attached hydrogens (tertiary/aromatic N) is 3. The van der Waals surface area contributed by atoms with Crippen molar-refractivity contribution in [2.24, 2.45) is 0 Å². The molecule has 2 aromatic heterocycles. The average Bonchev–Trinajstić information content (AvgIpc) is 3.34. The Bertz CT molecular complexity index is 1190. The minimum atomic E-state index is -0.325. The number of hydrogen-bond donors (Lipinski definition) is 3. The van der Waals surface area contributed by atoms with Crippen molar-refractivity contribution in [1.82, 2.24) is 25.7 Å². The molecule has 0 atom stereocenters. The highest BCUT2D eigenvalue weighted by Gasteiger charge is 2.09. The van der Waals surface area contributed by atoms with Crippen molar-refractivity contribution in [3.63, 3.8) is 0 Å². The van der Waals surface area contributed by atoms with E-state index in [4.69, 9.17) is 14.6 Å². The first-order valence-electron chi connectivity index (χ1n) is 11.3. The van der Waals surface area contributed by atoms with E-state index in [1.165, 1.54) is 12.1 Å². The lowest BCUT2D eigenvalue weighted by molar-refractivity contribution is 0.0979. The van der Waals surface area contributed by atoms with Crippen LogP contribution in [0, 0.1) is 5.82 Å². The molecule has 0 aliphatic carbocycles. The van der Waals surface area contributed by atoms with E-state index in [-0.39, 0.29) is 12.4 Å². The average molecular weight is 466 g/mol. The molecule has 0 spiro atoms. The summed E-state index contributed by atoms with van der Waals surface area (Å²) in [5.41, 5.74) is 4.23. The third kappa shape index (κ3) is 6.57. The zero-order valence-corrected chi connectivity index (χ0v) is 18.8. The van der Waals surface area contributed by atoms with E-state index in [1.807, 2.05) is 18.2 Å². The van der Waals surface area contributed by atoms with Crippen molar-refractivity contribution in [3.05, 3.63) is 71.9 Å². The van der Waals surface area contributed by atoms with Gasteiger partial charge in [-0.1, -0.05) is 6.07 Å². The molecule has 4 rings (SSSR count). The van der Waals surface area contributed by atoms with Gasteiger partial charge < -0.3 is 19.9 Å². The Morgan fingerprint density at radius 3 is 2.71 bits per heavy atom. The predicted molar refractivity (Wildman–Crippen MR) is 127 cm³/mol. The monoisotopic (exact) mass is 465 g/mol. The summed E-state index contributed by atoms with van der Waals surface area (Å²) in [7, 11) is 0. The Morgan fingerprint density at radius 2 is 1.85 bits per heavy atom. The van der Waals surface area contributed by atoms with Crippen molar-refractivity contribution in [2.45, 2.75) is 26.0 Å². The predicted octanol–water partition coefficient (Wildman–Crippen LogP) is 3.62. The molecule has 0 saturated heterocycles. The van der Waals surface area contributed by atoms with Crippen molar-refractivity contribution in [3.8, 4) is 16.9 Å². The van der Waals surface area contributed by atoms with Crippen LogP contribution in [0.2, 0.25) is 0 Å². The largest absolute Gasteiger partial charge is 0.490 e. The summed E-state index contributed by atoms with van der Waals surface area (Å²) >= 11 is 0. The zero-order valence-electron chi connectivity index (χ0n) is 18.8. The van der Waals surface area contributed by atoms with E-state index in [0.717, 1.165) is 52.7 Å². The SMILES string of the molecule is OCc1cc(F)cc(CNCCCCOCCOc2cc(-c3ccnnc3)cc3[nH]ncc23)c1. The Kier molecular flexibility index (Phi) is 8.50. The first-order chi connectivity index (χ1) is 16.7. The van der Waals surface area contributed by atoms with Crippen molar-refractivity contribution in [2.75, 3.05) is 26.4 Å². The van der Waals surface area contributed by atoms with E-state index in [1.54, 1.807) is 24.7 Å². The Labute approximate surface area is 197 Å². The van der Waals surface area contributed by atoms with Gasteiger partial charge in [0.2, 0.25) is 0 Å². The molecule has 9 heteroatoms. The van der Waals surface area contributed by atoms with Crippen LogP contribution in [-0.2, 0) is 17.9 Å². The normalized spacial score (nSPS) is 11.2. The van der Waals surface area contributed by atoms with E-state index in [9.17, 15) is 4.39 Å². The molecule has 0 fully saturated rings. The van der Waals surface area contributed by atoms with Gasteiger partial charge in [-0.25, -0.2) is 4.39 Å². The third-order valence-electron chi connectivity index (χ3n) is 5.34. The van der Waals surface area contributed by atoms with Crippen LogP contribution in [0.4, 0.5) is 4.39 Å². The van der Waals surface area contributed by atoms with Crippen LogP contribution in [0.3, 0.4) is 0 Å². The van der Waals surface area contributed by atoms with Gasteiger partial charge in [0.05, 0.1) is 42.7 Å². The second kappa shape index (κ2) is 12.2. The second-order valence-corrected chi connectivity index (χ2v) is 7.91. The van der Waals surface area contributed by atoms with Crippen molar-refractivity contribution in [1.29, 1.82) is 0 Å². The molecule has 0 aliphatic rings. The summed E-state index contributed by atoms with van der Waals surface area (Å²) in [6, 6.07) is 10.5. The van der Waals surface area contributed by atoms with Crippen LogP contribution in [0.25, 0.3) is 22.0 Å². The summed E-state index contributed by atoms with van der Waals surface area (Å²) in [5, 5.41) is 28.2. The summed E-state index contributed by atoms with van der Waals surface area (Å²) in [4.78, 5) is 0. The van der Waals surface area contributed by atoms with Gasteiger partial charge in [-0.05, 0) is 66.4 Å². The lowest BCUT2D eigenvalue weighted by Gasteiger charge is -2.10.